The first-order chi connectivity index (χ1) is 11.4. The predicted molar refractivity (Wildman–Crippen MR) is 113 cm³/mol. The van der Waals surface area contributed by atoms with Crippen LogP contribution in [-0.4, -0.2) is 64.3 Å². The maximum atomic E-state index is 11.8. The molecule has 25 heavy (non-hydrogen) atoms. The lowest BCUT2D eigenvalue weighted by Crippen LogP contribution is -2.78. The molecule has 0 saturated carbocycles. The summed E-state index contributed by atoms with van der Waals surface area (Å²) >= 11 is 0. The number of carbonyl (C=O) groups excluding carboxylic acids is 1. The summed E-state index contributed by atoms with van der Waals surface area (Å²) < 4.78 is 24.1. The van der Waals surface area contributed by atoms with Crippen molar-refractivity contribution in [2.45, 2.75) is 64.6 Å². The molecule has 0 rings (SSSR count). The van der Waals surface area contributed by atoms with Crippen LogP contribution in [0.5, 0.6) is 0 Å². The molecule has 0 fully saturated rings. The highest BCUT2D eigenvalue weighted by Crippen LogP contribution is 2.38. The Morgan fingerprint density at radius 2 is 1.48 bits per heavy atom. The van der Waals surface area contributed by atoms with Crippen molar-refractivity contribution in [3.05, 3.63) is 12.7 Å². The van der Waals surface area contributed by atoms with Gasteiger partial charge in [-0.05, 0) is 39.2 Å². The Hall–Kier alpha value is -0.0425. The zero-order valence-electron chi connectivity index (χ0n) is 17.7. The standard InChI is InChI=1S/C16H37O5Si4/c1-12-15(21-16(17)13-2)14(3)25(11,20-6)22(23(7,8)18-4)24(9,10)19-5/h13-15H,2,12H2,1,3-11H3. The van der Waals surface area contributed by atoms with Gasteiger partial charge in [-0.25, -0.2) is 4.79 Å². The largest absolute Gasteiger partial charge is 0.459 e. The minimum Gasteiger partial charge on any atom is -0.459 e. The molecule has 0 saturated heterocycles. The molecule has 147 valence electrons. The predicted octanol–water partition coefficient (Wildman–Crippen LogP) is 3.54. The second-order valence-corrected chi connectivity index (χ2v) is 37.8. The molecule has 0 aromatic carbocycles. The molecular weight excluding hydrogens is 385 g/mol. The Bertz CT molecular complexity index is 442. The molecular formula is C16H37O5Si4. The van der Waals surface area contributed by atoms with Gasteiger partial charge in [0, 0.05) is 32.9 Å². The minimum absolute atomic E-state index is 0.157. The summed E-state index contributed by atoms with van der Waals surface area (Å²) in [6, 6.07) is 0. The van der Waals surface area contributed by atoms with Crippen molar-refractivity contribution in [2.75, 3.05) is 21.3 Å². The van der Waals surface area contributed by atoms with E-state index in [4.69, 9.17) is 18.0 Å². The molecule has 3 unspecified atom stereocenters. The monoisotopic (exact) mass is 421 g/mol. The summed E-state index contributed by atoms with van der Waals surface area (Å²) in [7, 11) is -1.81. The number of esters is 1. The van der Waals surface area contributed by atoms with Gasteiger partial charge in [-0.3, -0.25) is 0 Å². The van der Waals surface area contributed by atoms with Gasteiger partial charge in [-0.2, -0.15) is 0 Å². The molecule has 0 amide bonds. The topological polar surface area (TPSA) is 54.0 Å². The maximum absolute atomic E-state index is 11.8. The normalized spacial score (nSPS) is 17.7. The van der Waals surface area contributed by atoms with Gasteiger partial charge in [-0.15, -0.1) is 0 Å². The molecule has 5 nitrogen and oxygen atoms in total. The van der Waals surface area contributed by atoms with E-state index >= 15 is 0 Å². The van der Waals surface area contributed by atoms with Gasteiger partial charge in [0.25, 0.3) is 0 Å². The van der Waals surface area contributed by atoms with E-state index < -0.39 is 30.9 Å². The Morgan fingerprint density at radius 1 is 1.04 bits per heavy atom. The number of rotatable bonds is 11. The van der Waals surface area contributed by atoms with Crippen molar-refractivity contribution < 1.29 is 22.8 Å². The fourth-order valence-electron chi connectivity index (χ4n) is 3.73. The van der Waals surface area contributed by atoms with Crippen molar-refractivity contribution in [1.29, 1.82) is 0 Å². The van der Waals surface area contributed by atoms with Gasteiger partial charge in [0.1, 0.15) is 13.5 Å². The lowest BCUT2D eigenvalue weighted by atomic mass is 10.2. The average molecular weight is 422 g/mol. The Kier molecular flexibility index (Phi) is 9.75. The van der Waals surface area contributed by atoms with Crippen molar-refractivity contribution in [2.24, 2.45) is 0 Å². The summed E-state index contributed by atoms with van der Waals surface area (Å²) in [4.78, 5) is 11.8. The molecule has 3 atom stereocenters. The van der Waals surface area contributed by atoms with E-state index in [-0.39, 0.29) is 17.6 Å². The van der Waals surface area contributed by atoms with E-state index in [2.05, 4.69) is 46.2 Å². The van der Waals surface area contributed by atoms with Crippen molar-refractivity contribution in [1.82, 2.24) is 0 Å². The fourth-order valence-corrected chi connectivity index (χ4v) is 69.5. The van der Waals surface area contributed by atoms with Gasteiger partial charge in [0.2, 0.25) is 0 Å². The second-order valence-electron chi connectivity index (χ2n) is 7.49. The smallest absolute Gasteiger partial charge is 0.330 e. The number of carbonyl (C=O) groups is 1. The van der Waals surface area contributed by atoms with Gasteiger partial charge in [0.05, 0.1) is 0 Å². The Labute approximate surface area is 158 Å². The van der Waals surface area contributed by atoms with Gasteiger partial charge in [-0.1, -0.05) is 20.4 Å². The number of ether oxygens (including phenoxy) is 1. The zero-order chi connectivity index (χ0) is 20.1. The van der Waals surface area contributed by atoms with Crippen LogP contribution in [0, 0.1) is 0 Å². The van der Waals surface area contributed by atoms with Gasteiger partial charge >= 0.3 is 5.97 Å². The molecule has 0 aromatic heterocycles. The van der Waals surface area contributed by atoms with Crippen molar-refractivity contribution >= 4 is 36.8 Å². The van der Waals surface area contributed by atoms with Crippen LogP contribution in [0.3, 0.4) is 0 Å². The first-order valence-electron chi connectivity index (χ1n) is 8.74. The molecule has 0 heterocycles. The van der Waals surface area contributed by atoms with E-state index in [1.54, 1.807) is 0 Å². The van der Waals surface area contributed by atoms with Crippen LogP contribution in [0.1, 0.15) is 20.3 Å². The van der Waals surface area contributed by atoms with E-state index in [1.807, 2.05) is 28.3 Å². The Balaban J connectivity index is 6.12. The van der Waals surface area contributed by atoms with Crippen LogP contribution in [0.4, 0.5) is 0 Å². The van der Waals surface area contributed by atoms with Crippen LogP contribution >= 0.6 is 0 Å². The summed E-state index contributed by atoms with van der Waals surface area (Å²) in [5, 5.41) is 0. The van der Waals surface area contributed by atoms with Crippen LogP contribution in [0.15, 0.2) is 12.7 Å². The summed E-state index contributed by atoms with van der Waals surface area (Å²) in [6.45, 7) is 19.1. The van der Waals surface area contributed by atoms with E-state index in [9.17, 15) is 4.79 Å². The fraction of sp³-hybridized carbons (Fsp3) is 0.812. The van der Waals surface area contributed by atoms with Crippen LogP contribution in [0.2, 0.25) is 38.3 Å². The van der Waals surface area contributed by atoms with Crippen molar-refractivity contribution in [3.8, 4) is 0 Å². The van der Waals surface area contributed by atoms with Gasteiger partial charge in [0.15, 0.2) is 23.5 Å². The summed E-state index contributed by atoms with van der Waals surface area (Å²) in [6.07, 6.45) is 1.81. The molecule has 1 radical (unpaired) electrons. The Morgan fingerprint density at radius 3 is 1.76 bits per heavy atom. The molecule has 0 aliphatic carbocycles. The lowest BCUT2D eigenvalue weighted by molar-refractivity contribution is -0.143. The quantitative estimate of drug-likeness (QED) is 0.290. The van der Waals surface area contributed by atoms with E-state index in [0.29, 0.717) is 0 Å². The lowest BCUT2D eigenvalue weighted by Gasteiger charge is -2.50. The maximum Gasteiger partial charge on any atom is 0.330 e. The second kappa shape index (κ2) is 9.77. The molecule has 0 N–H and O–H groups in total. The molecule has 0 aliphatic rings. The molecule has 0 bridgehead atoms. The van der Waals surface area contributed by atoms with Gasteiger partial charge < -0.3 is 18.0 Å². The van der Waals surface area contributed by atoms with Crippen LogP contribution in [0.25, 0.3) is 0 Å². The highest BCUT2D eigenvalue weighted by atomic mass is 29.9. The SMILES string of the molecule is C=CC(=O)OC(CC)C(C)[Si](C)(OC)[Si]([Si](C)(C)OC)[Si](C)(C)OC. The number of hydrogen-bond acceptors (Lipinski definition) is 5. The molecule has 9 heteroatoms. The third kappa shape index (κ3) is 5.71. The third-order valence-electron chi connectivity index (χ3n) is 5.41. The minimum atomic E-state index is -2.27. The highest BCUT2D eigenvalue weighted by Gasteiger charge is 2.62. The highest BCUT2D eigenvalue weighted by molar-refractivity contribution is 7.79. The third-order valence-corrected chi connectivity index (χ3v) is 57.8. The first-order valence-corrected chi connectivity index (χ1v) is 21.5. The van der Waals surface area contributed by atoms with E-state index in [0.717, 1.165) is 6.42 Å². The van der Waals surface area contributed by atoms with Crippen LogP contribution in [-0.2, 0) is 22.8 Å². The molecule has 0 aliphatic heterocycles. The molecule has 0 spiro atoms. The van der Waals surface area contributed by atoms with Crippen LogP contribution < -0.4 is 0 Å². The zero-order valence-corrected chi connectivity index (χ0v) is 21.7. The molecule has 0 aromatic rings. The first kappa shape index (κ1) is 25.0. The average Bonchev–Trinajstić information content (AvgIpc) is 2.57. The van der Waals surface area contributed by atoms with E-state index in [1.165, 1.54) is 6.08 Å². The van der Waals surface area contributed by atoms with Crippen molar-refractivity contribution in [3.63, 3.8) is 0 Å². The summed E-state index contributed by atoms with van der Waals surface area (Å²) in [5.74, 6) is -0.369. The summed E-state index contributed by atoms with van der Waals surface area (Å²) in [5.41, 5.74) is 0.157. The number of hydrogen-bond donors (Lipinski definition) is 0.